The highest BCUT2D eigenvalue weighted by atomic mass is 32.2. The van der Waals surface area contributed by atoms with Crippen LogP contribution in [0.1, 0.15) is 43.7 Å². The van der Waals surface area contributed by atoms with Gasteiger partial charge in [-0.25, -0.2) is 13.1 Å². The van der Waals surface area contributed by atoms with Gasteiger partial charge in [-0.2, -0.15) is 0 Å². The first kappa shape index (κ1) is 19.9. The molecule has 1 aliphatic heterocycles. The third-order valence-electron chi connectivity index (χ3n) is 4.47. The van der Waals surface area contributed by atoms with Gasteiger partial charge in [0.15, 0.2) is 0 Å². The minimum Gasteiger partial charge on any atom is -0.354 e. The summed E-state index contributed by atoms with van der Waals surface area (Å²) >= 11 is 0. The van der Waals surface area contributed by atoms with Crippen LogP contribution in [-0.4, -0.2) is 51.7 Å². The maximum Gasteiger partial charge on any atom is 0.221 e. The Bertz CT molecular complexity index is 626. The van der Waals surface area contributed by atoms with E-state index in [1.165, 1.54) is 31.2 Å². The van der Waals surface area contributed by atoms with Crippen LogP contribution in [0, 0.1) is 0 Å². The second-order valence-electron chi connectivity index (χ2n) is 6.60. The van der Waals surface area contributed by atoms with Gasteiger partial charge in [0.1, 0.15) is 0 Å². The van der Waals surface area contributed by atoms with Crippen molar-refractivity contribution in [3.63, 3.8) is 0 Å². The molecule has 1 amide bonds. The monoisotopic (exact) mass is 367 g/mol. The van der Waals surface area contributed by atoms with Gasteiger partial charge in [0.25, 0.3) is 0 Å². The molecular weight excluding hydrogens is 338 g/mol. The molecule has 2 N–H and O–H groups in total. The third kappa shape index (κ3) is 7.54. The van der Waals surface area contributed by atoms with Crippen molar-refractivity contribution in [2.45, 2.75) is 38.1 Å². The van der Waals surface area contributed by atoms with E-state index in [1.807, 2.05) is 18.2 Å². The Morgan fingerprint density at radius 2 is 1.76 bits per heavy atom. The van der Waals surface area contributed by atoms with Crippen LogP contribution in [0.5, 0.6) is 0 Å². The molecule has 0 saturated carbocycles. The lowest BCUT2D eigenvalue weighted by atomic mass is 10.0. The fourth-order valence-electron chi connectivity index (χ4n) is 3.19. The van der Waals surface area contributed by atoms with E-state index in [9.17, 15) is 13.2 Å². The molecule has 0 aliphatic carbocycles. The van der Waals surface area contributed by atoms with Crippen LogP contribution >= 0.6 is 0 Å². The fraction of sp³-hybridized carbons (Fsp3) is 0.611. The minimum absolute atomic E-state index is 0.129. The smallest absolute Gasteiger partial charge is 0.221 e. The summed E-state index contributed by atoms with van der Waals surface area (Å²) in [4.78, 5) is 14.5. The second-order valence-corrected chi connectivity index (χ2v) is 8.43. The maximum absolute atomic E-state index is 12.1. The third-order valence-corrected chi connectivity index (χ3v) is 5.20. The van der Waals surface area contributed by atoms with E-state index in [-0.39, 0.29) is 24.9 Å². The Hall–Kier alpha value is -1.44. The van der Waals surface area contributed by atoms with Crippen molar-refractivity contribution in [3.05, 3.63) is 35.9 Å². The van der Waals surface area contributed by atoms with Crippen molar-refractivity contribution in [1.29, 1.82) is 0 Å². The van der Waals surface area contributed by atoms with Gasteiger partial charge in [-0.1, -0.05) is 43.2 Å². The average Bonchev–Trinajstić information content (AvgIpc) is 2.84. The summed E-state index contributed by atoms with van der Waals surface area (Å²) < 4.78 is 24.5. The molecule has 1 aromatic carbocycles. The zero-order valence-electron chi connectivity index (χ0n) is 14.9. The highest BCUT2D eigenvalue weighted by Gasteiger charge is 2.22. The van der Waals surface area contributed by atoms with E-state index in [4.69, 9.17) is 0 Å². The molecule has 2 rings (SSSR count). The molecule has 1 heterocycles. The molecule has 140 valence electrons. The topological polar surface area (TPSA) is 78.5 Å². The first-order valence-corrected chi connectivity index (χ1v) is 10.9. The second kappa shape index (κ2) is 9.89. The van der Waals surface area contributed by atoms with Gasteiger partial charge in [0.05, 0.1) is 12.3 Å². The summed E-state index contributed by atoms with van der Waals surface area (Å²) in [6.07, 6.45) is 6.15. The van der Waals surface area contributed by atoms with E-state index < -0.39 is 10.0 Å². The molecule has 25 heavy (non-hydrogen) atoms. The fourth-order valence-corrected chi connectivity index (χ4v) is 3.66. The standard InChI is InChI=1S/C18H29N3O3S/c1-25(23,24)20-12-11-18(22)19-15-17(16-9-5-4-6-10-16)21-13-7-2-3-8-14-21/h4-6,9-10,17,20H,2-3,7-8,11-15H2,1H3,(H,19,22). The Morgan fingerprint density at radius 1 is 1.12 bits per heavy atom. The SMILES string of the molecule is CS(=O)(=O)NCCC(=O)NCC(c1ccccc1)N1CCCCCC1. The van der Waals surface area contributed by atoms with Gasteiger partial charge in [-0.15, -0.1) is 0 Å². The molecule has 1 fully saturated rings. The van der Waals surface area contributed by atoms with Crippen LogP contribution < -0.4 is 10.0 Å². The number of nitrogens with one attached hydrogen (secondary N) is 2. The van der Waals surface area contributed by atoms with Crippen molar-refractivity contribution < 1.29 is 13.2 Å². The van der Waals surface area contributed by atoms with Crippen molar-refractivity contribution in [1.82, 2.24) is 14.9 Å². The molecule has 1 aliphatic rings. The number of sulfonamides is 1. The highest BCUT2D eigenvalue weighted by Crippen LogP contribution is 2.23. The van der Waals surface area contributed by atoms with Gasteiger partial charge >= 0.3 is 0 Å². The lowest BCUT2D eigenvalue weighted by Crippen LogP contribution is -2.39. The molecule has 1 aromatic rings. The predicted molar refractivity (Wildman–Crippen MR) is 99.7 cm³/mol. The number of carbonyl (C=O) groups excluding carboxylic acids is 1. The van der Waals surface area contributed by atoms with Gasteiger partial charge < -0.3 is 5.32 Å². The average molecular weight is 368 g/mol. The summed E-state index contributed by atoms with van der Waals surface area (Å²) in [6, 6.07) is 10.4. The van der Waals surface area contributed by atoms with E-state index >= 15 is 0 Å². The molecule has 0 aromatic heterocycles. The first-order valence-electron chi connectivity index (χ1n) is 8.96. The maximum atomic E-state index is 12.1. The lowest BCUT2D eigenvalue weighted by molar-refractivity contribution is -0.121. The number of carbonyl (C=O) groups is 1. The van der Waals surface area contributed by atoms with Gasteiger partial charge in [0.2, 0.25) is 15.9 Å². The van der Waals surface area contributed by atoms with Crippen molar-refractivity contribution >= 4 is 15.9 Å². The Kier molecular flexibility index (Phi) is 7.87. The van der Waals surface area contributed by atoms with Crippen molar-refractivity contribution in [2.75, 3.05) is 32.4 Å². The molecule has 0 bridgehead atoms. The van der Waals surface area contributed by atoms with Gasteiger partial charge in [0, 0.05) is 19.5 Å². The summed E-state index contributed by atoms with van der Waals surface area (Å²) in [7, 11) is -3.25. The first-order chi connectivity index (χ1) is 12.0. The minimum atomic E-state index is -3.25. The Labute approximate surface area is 151 Å². The molecule has 7 heteroatoms. The van der Waals surface area contributed by atoms with Crippen LogP contribution in [0.3, 0.4) is 0 Å². The molecule has 6 nitrogen and oxygen atoms in total. The number of likely N-dealkylation sites (tertiary alicyclic amines) is 1. The van der Waals surface area contributed by atoms with Crippen LogP contribution in [0.4, 0.5) is 0 Å². The molecule has 1 unspecified atom stereocenters. The Morgan fingerprint density at radius 3 is 2.36 bits per heavy atom. The molecule has 0 spiro atoms. The van der Waals surface area contributed by atoms with Gasteiger partial charge in [-0.05, 0) is 31.5 Å². The largest absolute Gasteiger partial charge is 0.354 e. The van der Waals surface area contributed by atoms with Crippen molar-refractivity contribution in [3.8, 4) is 0 Å². The number of rotatable bonds is 8. The lowest BCUT2D eigenvalue weighted by Gasteiger charge is -2.31. The molecule has 1 saturated heterocycles. The van der Waals surface area contributed by atoms with E-state index in [0.717, 1.165) is 19.3 Å². The predicted octanol–water partition coefficient (Wildman–Crippen LogP) is 1.66. The summed E-state index contributed by atoms with van der Waals surface area (Å²) in [5, 5.41) is 2.97. The van der Waals surface area contributed by atoms with Crippen molar-refractivity contribution in [2.24, 2.45) is 0 Å². The highest BCUT2D eigenvalue weighted by molar-refractivity contribution is 7.88. The zero-order chi connectivity index (χ0) is 18.1. The summed E-state index contributed by atoms with van der Waals surface area (Å²) in [6.45, 7) is 2.77. The number of amides is 1. The molecule has 0 radical (unpaired) electrons. The Balaban J connectivity index is 1.93. The number of nitrogens with zero attached hydrogens (tertiary/aromatic N) is 1. The molecular formula is C18H29N3O3S. The van der Waals surface area contributed by atoms with Crippen LogP contribution in [-0.2, 0) is 14.8 Å². The number of hydrogen-bond acceptors (Lipinski definition) is 4. The van der Waals surface area contributed by atoms with Crippen LogP contribution in [0.2, 0.25) is 0 Å². The van der Waals surface area contributed by atoms with E-state index in [2.05, 4.69) is 27.1 Å². The molecule has 1 atom stereocenters. The number of hydrogen-bond donors (Lipinski definition) is 2. The quantitative estimate of drug-likeness (QED) is 0.732. The van der Waals surface area contributed by atoms with Gasteiger partial charge in [-0.3, -0.25) is 9.69 Å². The van der Waals surface area contributed by atoms with Crippen LogP contribution in [0.15, 0.2) is 30.3 Å². The number of benzene rings is 1. The summed E-state index contributed by atoms with van der Waals surface area (Å²) in [5.41, 5.74) is 1.21. The zero-order valence-corrected chi connectivity index (χ0v) is 15.7. The van der Waals surface area contributed by atoms with Crippen LogP contribution in [0.25, 0.3) is 0 Å². The summed E-state index contributed by atoms with van der Waals surface area (Å²) in [5.74, 6) is -0.132. The van der Waals surface area contributed by atoms with E-state index in [1.54, 1.807) is 0 Å². The normalized spacial score (nSPS) is 17.6. The van der Waals surface area contributed by atoms with E-state index in [0.29, 0.717) is 6.54 Å².